The average molecular weight is 448 g/mol. The topological polar surface area (TPSA) is 71.5 Å². The van der Waals surface area contributed by atoms with E-state index in [-0.39, 0.29) is 11.9 Å². The quantitative estimate of drug-likeness (QED) is 0.495. The van der Waals surface area contributed by atoms with E-state index in [1.807, 2.05) is 19.2 Å². The molecule has 172 valence electrons. The average Bonchev–Trinajstić information content (AvgIpc) is 2.76. The second-order valence-corrected chi connectivity index (χ2v) is 10.4. The molecule has 2 heterocycles. The number of hydrogen-bond donors (Lipinski definition) is 1. The van der Waals surface area contributed by atoms with E-state index in [0.717, 1.165) is 62.0 Å². The number of pyridine rings is 1. The highest BCUT2D eigenvalue weighted by Crippen LogP contribution is 2.29. The second kappa shape index (κ2) is 11.8. The van der Waals surface area contributed by atoms with E-state index in [9.17, 15) is 8.42 Å². The van der Waals surface area contributed by atoms with Gasteiger partial charge >= 0.3 is 0 Å². The van der Waals surface area contributed by atoms with E-state index in [1.54, 1.807) is 0 Å². The van der Waals surface area contributed by atoms with Crippen LogP contribution >= 0.6 is 0 Å². The summed E-state index contributed by atoms with van der Waals surface area (Å²) < 4.78 is 32.6. The number of sulfonamides is 1. The Labute approximate surface area is 187 Å². The summed E-state index contributed by atoms with van der Waals surface area (Å²) in [4.78, 5) is 6.98. The van der Waals surface area contributed by atoms with Crippen LogP contribution in [0.4, 0.5) is 0 Å². The molecule has 31 heavy (non-hydrogen) atoms. The van der Waals surface area contributed by atoms with Gasteiger partial charge in [0.05, 0.1) is 5.75 Å². The van der Waals surface area contributed by atoms with Crippen LogP contribution in [0.3, 0.4) is 0 Å². The zero-order valence-electron chi connectivity index (χ0n) is 19.0. The first-order valence-corrected chi connectivity index (χ1v) is 13.4. The van der Waals surface area contributed by atoms with Crippen molar-refractivity contribution in [1.29, 1.82) is 0 Å². The van der Waals surface area contributed by atoms with Crippen molar-refractivity contribution in [1.82, 2.24) is 14.6 Å². The highest BCUT2D eigenvalue weighted by atomic mass is 32.2. The Kier molecular flexibility index (Phi) is 9.11. The van der Waals surface area contributed by atoms with Crippen LogP contribution in [-0.2, 0) is 16.4 Å². The van der Waals surface area contributed by atoms with E-state index in [2.05, 4.69) is 39.7 Å². The van der Waals surface area contributed by atoms with Crippen LogP contribution in [0.1, 0.15) is 57.9 Å². The smallest absolute Gasteiger partial charge is 0.211 e. The lowest BCUT2D eigenvalue weighted by Gasteiger charge is -2.32. The van der Waals surface area contributed by atoms with Gasteiger partial charge in [0.1, 0.15) is 17.4 Å². The van der Waals surface area contributed by atoms with Crippen LogP contribution in [0.15, 0.2) is 30.5 Å². The molecule has 1 fully saturated rings. The molecular weight excluding hydrogens is 410 g/mol. The first-order valence-electron chi connectivity index (χ1n) is 11.7. The van der Waals surface area contributed by atoms with Gasteiger partial charge in [0.25, 0.3) is 0 Å². The number of fused-ring (bicyclic) bond motifs is 1. The van der Waals surface area contributed by atoms with Gasteiger partial charge in [0, 0.05) is 31.2 Å². The number of unbranched alkanes of at least 4 members (excludes halogenated alkanes) is 1. The molecule has 1 aliphatic heterocycles. The zero-order valence-corrected chi connectivity index (χ0v) is 19.8. The third-order valence-corrected chi connectivity index (χ3v) is 7.41. The molecule has 0 spiro atoms. The molecule has 2 aromatic rings. The third-order valence-electron chi connectivity index (χ3n) is 5.82. The summed E-state index contributed by atoms with van der Waals surface area (Å²) in [5.41, 5.74) is 2.27. The number of likely N-dealkylation sites (tertiary alicyclic amines) is 1. The maximum absolute atomic E-state index is 11.7. The lowest BCUT2D eigenvalue weighted by molar-refractivity contribution is 0.101. The third kappa shape index (κ3) is 7.44. The van der Waals surface area contributed by atoms with E-state index < -0.39 is 10.0 Å². The molecule has 3 rings (SSSR count). The van der Waals surface area contributed by atoms with E-state index in [0.29, 0.717) is 13.0 Å². The van der Waals surface area contributed by atoms with Crippen molar-refractivity contribution >= 4 is 20.9 Å². The minimum absolute atomic E-state index is 0.200. The highest BCUT2D eigenvalue weighted by molar-refractivity contribution is 7.89. The maximum Gasteiger partial charge on any atom is 0.211 e. The predicted octanol–water partition coefficient (Wildman–Crippen LogP) is 4.14. The van der Waals surface area contributed by atoms with Crippen molar-refractivity contribution in [3.63, 3.8) is 0 Å². The van der Waals surface area contributed by atoms with Gasteiger partial charge in [-0.2, -0.15) is 0 Å². The number of aryl methyl sites for hydroxylation is 1. The fraction of sp³-hybridized carbons (Fsp3) is 0.625. The van der Waals surface area contributed by atoms with Crippen molar-refractivity contribution < 1.29 is 13.2 Å². The monoisotopic (exact) mass is 447 g/mol. The number of piperidine rings is 1. The Hall–Kier alpha value is -1.70. The first-order chi connectivity index (χ1) is 15.0. The Balaban J connectivity index is 1.50. The Bertz CT molecular complexity index is 925. The van der Waals surface area contributed by atoms with Gasteiger partial charge in [-0.25, -0.2) is 13.1 Å². The predicted molar refractivity (Wildman–Crippen MR) is 127 cm³/mol. The van der Waals surface area contributed by atoms with Crippen molar-refractivity contribution in [3.05, 3.63) is 36.0 Å². The number of benzene rings is 1. The Morgan fingerprint density at radius 3 is 2.71 bits per heavy atom. The molecule has 1 saturated heterocycles. The van der Waals surface area contributed by atoms with E-state index >= 15 is 0 Å². The van der Waals surface area contributed by atoms with Gasteiger partial charge < -0.3 is 9.64 Å². The Morgan fingerprint density at radius 2 is 1.97 bits per heavy atom. The summed E-state index contributed by atoms with van der Waals surface area (Å²) >= 11 is 0. The van der Waals surface area contributed by atoms with E-state index in [1.165, 1.54) is 18.4 Å². The second-order valence-electron chi connectivity index (χ2n) is 8.50. The minimum atomic E-state index is -3.10. The molecule has 0 atom stereocenters. The van der Waals surface area contributed by atoms with Crippen molar-refractivity contribution in [3.8, 4) is 5.75 Å². The normalized spacial score (nSPS) is 16.1. The molecule has 0 aliphatic carbocycles. The van der Waals surface area contributed by atoms with Crippen molar-refractivity contribution in [2.75, 3.05) is 31.9 Å². The number of aromatic nitrogens is 1. The van der Waals surface area contributed by atoms with Crippen molar-refractivity contribution in [2.45, 2.75) is 64.9 Å². The van der Waals surface area contributed by atoms with Crippen LogP contribution in [-0.4, -0.2) is 56.3 Å². The van der Waals surface area contributed by atoms with Gasteiger partial charge in [-0.05, 0) is 68.8 Å². The molecule has 0 amide bonds. The van der Waals surface area contributed by atoms with Gasteiger partial charge in [0.2, 0.25) is 10.0 Å². The maximum atomic E-state index is 11.7. The summed E-state index contributed by atoms with van der Waals surface area (Å²) in [5, 5.41) is 1.15. The number of nitrogens with one attached hydrogen (secondary N) is 1. The molecule has 0 radical (unpaired) electrons. The summed E-state index contributed by atoms with van der Waals surface area (Å²) in [6.45, 7) is 7.49. The van der Waals surface area contributed by atoms with Gasteiger partial charge in [0.15, 0.2) is 0 Å². The van der Waals surface area contributed by atoms with Crippen LogP contribution in [0.25, 0.3) is 10.9 Å². The summed E-state index contributed by atoms with van der Waals surface area (Å²) in [5.74, 6) is 1.12. The molecule has 0 bridgehead atoms. The van der Waals surface area contributed by atoms with Gasteiger partial charge in [-0.15, -0.1) is 0 Å². The SMILES string of the molecule is CCCCc1cc(OC2CCN(CCCNS(=O)(=O)CCC)CC2)c2ncccc2c1. The number of ether oxygens (including phenoxy) is 1. The largest absolute Gasteiger partial charge is 0.488 e. The fourth-order valence-electron chi connectivity index (χ4n) is 4.13. The molecular formula is C24H37N3O3S. The summed E-state index contributed by atoms with van der Waals surface area (Å²) in [6.07, 6.45) is 8.90. The zero-order chi connectivity index (χ0) is 22.1. The lowest BCUT2D eigenvalue weighted by atomic mass is 10.0. The summed E-state index contributed by atoms with van der Waals surface area (Å²) in [7, 11) is -3.10. The van der Waals surface area contributed by atoms with E-state index in [4.69, 9.17) is 4.74 Å². The molecule has 6 nitrogen and oxygen atoms in total. The number of rotatable bonds is 12. The summed E-state index contributed by atoms with van der Waals surface area (Å²) in [6, 6.07) is 8.51. The highest BCUT2D eigenvalue weighted by Gasteiger charge is 2.21. The van der Waals surface area contributed by atoms with Crippen LogP contribution < -0.4 is 9.46 Å². The molecule has 1 aromatic carbocycles. The minimum Gasteiger partial charge on any atom is -0.488 e. The molecule has 1 N–H and O–H groups in total. The molecule has 1 aliphatic rings. The van der Waals surface area contributed by atoms with Gasteiger partial charge in [-0.1, -0.05) is 26.3 Å². The number of nitrogens with zero attached hydrogens (tertiary/aromatic N) is 2. The molecule has 0 saturated carbocycles. The van der Waals surface area contributed by atoms with Gasteiger partial charge in [-0.3, -0.25) is 4.98 Å². The van der Waals surface area contributed by atoms with Crippen LogP contribution in [0.5, 0.6) is 5.75 Å². The van der Waals surface area contributed by atoms with Crippen LogP contribution in [0, 0.1) is 0 Å². The Morgan fingerprint density at radius 1 is 1.16 bits per heavy atom. The standard InChI is InChI=1S/C24H37N3O3S/c1-3-5-8-20-18-21-9-6-12-25-24(21)23(19-20)30-22-10-15-27(16-11-22)14-7-13-26-31(28,29)17-4-2/h6,9,12,18-19,22,26H,3-5,7-8,10-11,13-17H2,1-2H3. The number of hydrogen-bond acceptors (Lipinski definition) is 5. The fourth-order valence-corrected chi connectivity index (χ4v) is 5.27. The van der Waals surface area contributed by atoms with Crippen LogP contribution in [0.2, 0.25) is 0 Å². The molecule has 1 aromatic heterocycles. The lowest BCUT2D eigenvalue weighted by Crippen LogP contribution is -2.39. The van der Waals surface area contributed by atoms with Crippen molar-refractivity contribution in [2.24, 2.45) is 0 Å². The molecule has 7 heteroatoms. The molecule has 0 unspecified atom stereocenters. The first kappa shape index (κ1) is 24.0.